The van der Waals surface area contributed by atoms with Crippen molar-refractivity contribution in [1.82, 2.24) is 9.80 Å². The smallest absolute Gasteiger partial charge is 0.267 e. The number of hydrogen-bond acceptors (Lipinski definition) is 5. The minimum Gasteiger partial charge on any atom is -0.485 e. The summed E-state index contributed by atoms with van der Waals surface area (Å²) in [5.41, 5.74) is 1.04. The van der Waals surface area contributed by atoms with Gasteiger partial charge in [0.05, 0.1) is 12.6 Å². The Hall–Kier alpha value is -3.06. The first-order valence-electron chi connectivity index (χ1n) is 9.66. The number of methoxy groups -OCH3 is 1. The lowest BCUT2D eigenvalue weighted by molar-refractivity contribution is -0.145. The first kappa shape index (κ1) is 19.3. The molecule has 0 radical (unpaired) electrons. The molecule has 7 nitrogen and oxygen atoms in total. The highest BCUT2D eigenvalue weighted by atomic mass is 16.6. The zero-order valence-corrected chi connectivity index (χ0v) is 16.3. The van der Waals surface area contributed by atoms with E-state index in [1.807, 2.05) is 42.5 Å². The van der Waals surface area contributed by atoms with Crippen LogP contribution in [0, 0.1) is 0 Å². The molecular formula is C22H24N2O5. The van der Waals surface area contributed by atoms with Gasteiger partial charge >= 0.3 is 0 Å². The van der Waals surface area contributed by atoms with Gasteiger partial charge in [-0.1, -0.05) is 42.5 Å². The van der Waals surface area contributed by atoms with E-state index in [1.165, 1.54) is 4.90 Å². The molecule has 2 heterocycles. The highest BCUT2D eigenvalue weighted by Gasteiger charge is 2.36. The largest absolute Gasteiger partial charge is 0.485 e. The molecule has 29 heavy (non-hydrogen) atoms. The number of ether oxygens (including phenoxy) is 3. The van der Waals surface area contributed by atoms with Gasteiger partial charge in [0, 0.05) is 26.7 Å². The second-order valence-electron chi connectivity index (χ2n) is 7.20. The average Bonchev–Trinajstić information content (AvgIpc) is 2.92. The van der Waals surface area contributed by atoms with E-state index >= 15 is 0 Å². The van der Waals surface area contributed by atoms with Gasteiger partial charge in [-0.25, -0.2) is 0 Å². The standard InChI is InChI=1S/C22H24N2O5/c1-27-17-12-23(11-16-7-3-2-4-8-16)21(25)14-24(13-17)22(26)20-15-28-18-9-5-6-10-19(18)29-20/h2-10,17,20H,11-15H2,1H3. The van der Waals surface area contributed by atoms with Gasteiger partial charge < -0.3 is 24.0 Å². The lowest BCUT2D eigenvalue weighted by Crippen LogP contribution is -2.49. The van der Waals surface area contributed by atoms with Crippen LogP contribution < -0.4 is 9.47 Å². The number of rotatable bonds is 4. The molecule has 2 atom stereocenters. The van der Waals surface area contributed by atoms with Gasteiger partial charge in [-0.15, -0.1) is 0 Å². The minimum absolute atomic E-state index is 0.00691. The number of para-hydroxylation sites is 2. The summed E-state index contributed by atoms with van der Waals surface area (Å²) in [4.78, 5) is 29.2. The molecule has 4 rings (SSSR count). The zero-order chi connectivity index (χ0) is 20.2. The molecular weight excluding hydrogens is 372 g/mol. The molecule has 0 aliphatic carbocycles. The van der Waals surface area contributed by atoms with Crippen molar-refractivity contribution in [2.45, 2.75) is 18.8 Å². The van der Waals surface area contributed by atoms with Crippen LogP contribution in [0.1, 0.15) is 5.56 Å². The van der Waals surface area contributed by atoms with Crippen LogP contribution in [0.3, 0.4) is 0 Å². The van der Waals surface area contributed by atoms with Crippen molar-refractivity contribution in [2.75, 3.05) is 33.4 Å². The van der Waals surface area contributed by atoms with E-state index < -0.39 is 6.10 Å². The summed E-state index contributed by atoms with van der Waals surface area (Å²) >= 11 is 0. The van der Waals surface area contributed by atoms with Crippen LogP contribution in [0.4, 0.5) is 0 Å². The van der Waals surface area contributed by atoms with Gasteiger partial charge in [0.1, 0.15) is 6.61 Å². The topological polar surface area (TPSA) is 68.3 Å². The number of carbonyl (C=O) groups is 2. The summed E-state index contributed by atoms with van der Waals surface area (Å²) < 4.78 is 17.0. The lowest BCUT2D eigenvalue weighted by atomic mass is 10.2. The van der Waals surface area contributed by atoms with Gasteiger partial charge in [-0.05, 0) is 17.7 Å². The summed E-state index contributed by atoms with van der Waals surface area (Å²) in [7, 11) is 1.60. The Morgan fingerprint density at radius 3 is 2.55 bits per heavy atom. The maximum absolute atomic E-state index is 13.1. The van der Waals surface area contributed by atoms with E-state index in [0.717, 1.165) is 5.56 Å². The normalized spacial score (nSPS) is 21.6. The second-order valence-corrected chi connectivity index (χ2v) is 7.20. The molecule has 1 fully saturated rings. The molecule has 2 aliphatic heterocycles. The van der Waals surface area contributed by atoms with Gasteiger partial charge in [-0.2, -0.15) is 0 Å². The molecule has 0 saturated carbocycles. The van der Waals surface area contributed by atoms with E-state index in [9.17, 15) is 9.59 Å². The van der Waals surface area contributed by atoms with Gasteiger partial charge in [-0.3, -0.25) is 9.59 Å². The van der Waals surface area contributed by atoms with E-state index in [1.54, 1.807) is 24.1 Å². The summed E-state index contributed by atoms with van der Waals surface area (Å²) in [5.74, 6) is 0.773. The van der Waals surface area contributed by atoms with Crippen molar-refractivity contribution < 1.29 is 23.8 Å². The Morgan fingerprint density at radius 2 is 1.79 bits per heavy atom. The quantitative estimate of drug-likeness (QED) is 0.787. The van der Waals surface area contributed by atoms with E-state index in [0.29, 0.717) is 31.1 Å². The average molecular weight is 396 g/mol. The fourth-order valence-corrected chi connectivity index (χ4v) is 3.60. The van der Waals surface area contributed by atoms with Crippen molar-refractivity contribution in [3.8, 4) is 11.5 Å². The third-order valence-corrected chi connectivity index (χ3v) is 5.17. The Morgan fingerprint density at radius 1 is 1.07 bits per heavy atom. The van der Waals surface area contributed by atoms with Crippen molar-refractivity contribution in [2.24, 2.45) is 0 Å². The Labute approximate surface area is 169 Å². The van der Waals surface area contributed by atoms with Crippen LogP contribution in [0.2, 0.25) is 0 Å². The maximum atomic E-state index is 13.1. The van der Waals surface area contributed by atoms with Crippen LogP contribution in [-0.2, 0) is 20.9 Å². The van der Waals surface area contributed by atoms with Gasteiger partial charge in [0.15, 0.2) is 11.5 Å². The molecule has 2 aromatic rings. The van der Waals surface area contributed by atoms with E-state index in [4.69, 9.17) is 14.2 Å². The molecule has 0 bridgehead atoms. The molecule has 2 aromatic carbocycles. The third-order valence-electron chi connectivity index (χ3n) is 5.17. The Bertz CT molecular complexity index is 873. The monoisotopic (exact) mass is 396 g/mol. The van der Waals surface area contributed by atoms with Crippen molar-refractivity contribution >= 4 is 11.8 Å². The number of carbonyl (C=O) groups excluding carboxylic acids is 2. The number of amides is 2. The Balaban J connectivity index is 1.47. The number of hydrogen-bond donors (Lipinski definition) is 0. The molecule has 0 spiro atoms. The number of nitrogens with zero attached hydrogens (tertiary/aromatic N) is 2. The SMILES string of the molecule is COC1CN(Cc2ccccc2)C(=O)CN(C(=O)C2COc3ccccc3O2)C1. The summed E-state index contributed by atoms with van der Waals surface area (Å²) in [6.45, 7) is 1.35. The van der Waals surface area contributed by atoms with Crippen molar-refractivity contribution in [3.05, 3.63) is 60.2 Å². The molecule has 1 saturated heterocycles. The van der Waals surface area contributed by atoms with Crippen LogP contribution in [0.15, 0.2) is 54.6 Å². The first-order chi connectivity index (χ1) is 14.1. The van der Waals surface area contributed by atoms with Gasteiger partial charge in [0.25, 0.3) is 5.91 Å². The maximum Gasteiger partial charge on any atom is 0.267 e. The summed E-state index contributed by atoms with van der Waals surface area (Å²) in [5, 5.41) is 0. The molecule has 0 N–H and O–H groups in total. The summed E-state index contributed by atoms with van der Waals surface area (Å²) in [6, 6.07) is 17.0. The van der Waals surface area contributed by atoms with E-state index in [2.05, 4.69) is 0 Å². The fourth-order valence-electron chi connectivity index (χ4n) is 3.60. The lowest BCUT2D eigenvalue weighted by Gasteiger charge is -2.30. The van der Waals surface area contributed by atoms with Crippen molar-refractivity contribution in [1.29, 1.82) is 0 Å². The highest BCUT2D eigenvalue weighted by molar-refractivity contribution is 5.88. The zero-order valence-electron chi connectivity index (χ0n) is 16.3. The number of benzene rings is 2. The van der Waals surface area contributed by atoms with Crippen LogP contribution in [0.5, 0.6) is 11.5 Å². The molecule has 152 valence electrons. The minimum atomic E-state index is -0.782. The van der Waals surface area contributed by atoms with E-state index in [-0.39, 0.29) is 31.1 Å². The summed E-state index contributed by atoms with van der Waals surface area (Å²) in [6.07, 6.45) is -1.05. The van der Waals surface area contributed by atoms with Crippen LogP contribution in [0.25, 0.3) is 0 Å². The highest BCUT2D eigenvalue weighted by Crippen LogP contribution is 2.31. The molecule has 2 unspecified atom stereocenters. The number of fused-ring (bicyclic) bond motifs is 1. The molecule has 0 aromatic heterocycles. The first-order valence-corrected chi connectivity index (χ1v) is 9.66. The molecule has 2 amide bonds. The molecule has 2 aliphatic rings. The predicted molar refractivity (Wildman–Crippen MR) is 106 cm³/mol. The van der Waals surface area contributed by atoms with Crippen LogP contribution in [-0.4, -0.2) is 67.2 Å². The van der Waals surface area contributed by atoms with Gasteiger partial charge in [0.2, 0.25) is 12.0 Å². The predicted octanol–water partition coefficient (Wildman–Crippen LogP) is 1.71. The van der Waals surface area contributed by atoms with Crippen LogP contribution >= 0.6 is 0 Å². The fraction of sp³-hybridized carbons (Fsp3) is 0.364. The van der Waals surface area contributed by atoms with Crippen molar-refractivity contribution in [3.63, 3.8) is 0 Å². The molecule has 7 heteroatoms. The Kier molecular flexibility index (Phi) is 5.67. The second kappa shape index (κ2) is 8.53. The third kappa shape index (κ3) is 4.35.